The molecule has 18 heavy (non-hydrogen) atoms. The maximum Gasteiger partial charge on any atom is 0.311 e. The smallest absolute Gasteiger partial charge is 0.311 e. The molecular weight excluding hydrogens is 250 g/mol. The van der Waals surface area contributed by atoms with Gasteiger partial charge in [0.15, 0.2) is 0 Å². The Hall–Kier alpha value is -1.62. The average molecular weight is 265 g/mol. The summed E-state index contributed by atoms with van der Waals surface area (Å²) in [6, 6.07) is 3.85. The van der Waals surface area contributed by atoms with Crippen molar-refractivity contribution in [2.75, 3.05) is 13.1 Å². The maximum atomic E-state index is 11.9. The van der Waals surface area contributed by atoms with Gasteiger partial charge in [0.1, 0.15) is 0 Å². The van der Waals surface area contributed by atoms with Crippen molar-refractivity contribution in [1.82, 2.24) is 4.90 Å². The largest absolute Gasteiger partial charge is 0.481 e. The van der Waals surface area contributed by atoms with E-state index in [4.69, 9.17) is 5.11 Å². The summed E-state index contributed by atoms with van der Waals surface area (Å²) in [6.07, 6.45) is 3.80. The van der Waals surface area contributed by atoms with Crippen molar-refractivity contribution in [3.8, 4) is 0 Å². The van der Waals surface area contributed by atoms with E-state index >= 15 is 0 Å². The van der Waals surface area contributed by atoms with Crippen LogP contribution < -0.4 is 0 Å². The van der Waals surface area contributed by atoms with E-state index < -0.39 is 11.4 Å². The molecule has 0 aromatic carbocycles. The molecule has 1 fully saturated rings. The van der Waals surface area contributed by atoms with Crippen LogP contribution in [0.2, 0.25) is 0 Å². The Labute approximate surface area is 110 Å². The highest BCUT2D eigenvalue weighted by atomic mass is 32.1. The monoisotopic (exact) mass is 265 g/mol. The molecule has 5 heteroatoms. The predicted molar refractivity (Wildman–Crippen MR) is 70.3 cm³/mol. The number of carboxylic acid groups (broad SMARTS) is 1. The molecule has 0 aliphatic carbocycles. The van der Waals surface area contributed by atoms with Crippen molar-refractivity contribution in [2.45, 2.75) is 13.3 Å². The molecule has 1 unspecified atom stereocenters. The summed E-state index contributed by atoms with van der Waals surface area (Å²) in [6.45, 7) is 2.48. The van der Waals surface area contributed by atoms with E-state index in [2.05, 4.69) is 0 Å². The molecule has 0 spiro atoms. The fraction of sp³-hybridized carbons (Fsp3) is 0.385. The number of carboxylic acids is 1. The first kappa shape index (κ1) is 12.8. The molecule has 0 saturated carbocycles. The molecule has 1 amide bonds. The molecule has 4 nitrogen and oxygen atoms in total. The van der Waals surface area contributed by atoms with Gasteiger partial charge >= 0.3 is 5.97 Å². The van der Waals surface area contributed by atoms with Crippen molar-refractivity contribution in [3.05, 3.63) is 28.5 Å². The van der Waals surface area contributed by atoms with E-state index in [1.807, 2.05) is 17.5 Å². The number of hydrogen-bond acceptors (Lipinski definition) is 3. The van der Waals surface area contributed by atoms with Crippen LogP contribution >= 0.6 is 11.3 Å². The number of hydrogen-bond donors (Lipinski definition) is 1. The van der Waals surface area contributed by atoms with Crippen LogP contribution in [0, 0.1) is 5.41 Å². The molecule has 1 atom stereocenters. The second-order valence-corrected chi connectivity index (χ2v) is 5.70. The Morgan fingerprint density at radius 3 is 2.89 bits per heavy atom. The summed E-state index contributed by atoms with van der Waals surface area (Å²) < 4.78 is 0. The lowest BCUT2D eigenvalue weighted by molar-refractivity contribution is -0.147. The number of carbonyl (C=O) groups excluding carboxylic acids is 1. The minimum absolute atomic E-state index is 0.117. The van der Waals surface area contributed by atoms with Gasteiger partial charge in [-0.05, 0) is 30.9 Å². The Morgan fingerprint density at radius 1 is 1.56 bits per heavy atom. The quantitative estimate of drug-likeness (QED) is 0.851. The molecule has 0 bridgehead atoms. The zero-order chi connectivity index (χ0) is 13.2. The second-order valence-electron chi connectivity index (χ2n) is 4.72. The average Bonchev–Trinajstić information content (AvgIpc) is 2.95. The maximum absolute atomic E-state index is 11.9. The van der Waals surface area contributed by atoms with Gasteiger partial charge in [-0.15, -0.1) is 11.3 Å². The van der Waals surface area contributed by atoms with E-state index in [1.54, 1.807) is 29.2 Å². The molecule has 1 aliphatic heterocycles. The van der Waals surface area contributed by atoms with E-state index in [0.717, 1.165) is 4.88 Å². The topological polar surface area (TPSA) is 57.6 Å². The number of nitrogens with zero attached hydrogens (tertiary/aromatic N) is 1. The molecule has 96 valence electrons. The zero-order valence-corrected chi connectivity index (χ0v) is 10.9. The van der Waals surface area contributed by atoms with Gasteiger partial charge in [-0.2, -0.15) is 0 Å². The molecule has 1 aromatic heterocycles. The van der Waals surface area contributed by atoms with E-state index in [1.165, 1.54) is 6.08 Å². The Kier molecular flexibility index (Phi) is 3.52. The molecule has 1 aliphatic rings. The van der Waals surface area contributed by atoms with Crippen molar-refractivity contribution in [3.63, 3.8) is 0 Å². The summed E-state index contributed by atoms with van der Waals surface area (Å²) in [7, 11) is 0. The number of amides is 1. The van der Waals surface area contributed by atoms with Gasteiger partial charge in [-0.1, -0.05) is 6.07 Å². The number of carbonyl (C=O) groups is 2. The van der Waals surface area contributed by atoms with Crippen molar-refractivity contribution >= 4 is 29.3 Å². The highest BCUT2D eigenvalue weighted by Gasteiger charge is 2.41. The van der Waals surface area contributed by atoms with Crippen molar-refractivity contribution < 1.29 is 14.7 Å². The number of thiophene rings is 1. The van der Waals surface area contributed by atoms with Gasteiger partial charge < -0.3 is 10.0 Å². The van der Waals surface area contributed by atoms with E-state index in [0.29, 0.717) is 13.0 Å². The van der Waals surface area contributed by atoms with Gasteiger partial charge in [0.25, 0.3) is 0 Å². The molecule has 0 radical (unpaired) electrons. The first-order chi connectivity index (χ1) is 8.51. The van der Waals surface area contributed by atoms with Gasteiger partial charge in [-0.25, -0.2) is 0 Å². The molecule has 2 heterocycles. The summed E-state index contributed by atoms with van der Waals surface area (Å²) in [5.74, 6) is -0.951. The lowest BCUT2D eigenvalue weighted by atomic mass is 9.90. The SMILES string of the molecule is CC1(C(=O)O)CCN(C(=O)/C=C/c2cccs2)C1. The van der Waals surface area contributed by atoms with Crippen molar-refractivity contribution in [2.24, 2.45) is 5.41 Å². The van der Waals surface area contributed by atoms with Crippen LogP contribution in [0.1, 0.15) is 18.2 Å². The van der Waals surface area contributed by atoms with Gasteiger partial charge in [0.2, 0.25) is 5.91 Å². The molecule has 1 aromatic rings. The molecular formula is C13H15NO3S. The standard InChI is InChI=1S/C13H15NO3S/c1-13(12(16)17)6-7-14(9-13)11(15)5-4-10-3-2-8-18-10/h2-5,8H,6-7,9H2,1H3,(H,16,17)/b5-4+. The van der Waals surface area contributed by atoms with Crippen LogP contribution in [0.5, 0.6) is 0 Å². The second kappa shape index (κ2) is 4.94. The van der Waals surface area contributed by atoms with E-state index in [-0.39, 0.29) is 12.5 Å². The predicted octanol–water partition coefficient (Wildman–Crippen LogP) is 2.08. The van der Waals surface area contributed by atoms with Gasteiger partial charge in [-0.3, -0.25) is 9.59 Å². The Morgan fingerprint density at radius 2 is 2.33 bits per heavy atom. The van der Waals surface area contributed by atoms with Crippen LogP contribution in [0.25, 0.3) is 6.08 Å². The summed E-state index contributed by atoms with van der Waals surface area (Å²) in [5.41, 5.74) is -0.799. The third-order valence-electron chi connectivity index (χ3n) is 3.23. The number of rotatable bonds is 3. The zero-order valence-electron chi connectivity index (χ0n) is 10.1. The molecule has 1 saturated heterocycles. The minimum Gasteiger partial charge on any atom is -0.481 e. The Bertz CT molecular complexity index is 480. The van der Waals surface area contributed by atoms with Crippen LogP contribution in [0.15, 0.2) is 23.6 Å². The van der Waals surface area contributed by atoms with E-state index in [9.17, 15) is 9.59 Å². The highest BCUT2D eigenvalue weighted by Crippen LogP contribution is 2.30. The minimum atomic E-state index is -0.833. The fourth-order valence-corrected chi connectivity index (χ4v) is 2.59. The first-order valence-electron chi connectivity index (χ1n) is 5.75. The third kappa shape index (κ3) is 2.61. The summed E-state index contributed by atoms with van der Waals surface area (Å²) in [5, 5.41) is 11.0. The first-order valence-corrected chi connectivity index (χ1v) is 6.63. The van der Waals surface area contributed by atoms with Crippen molar-refractivity contribution in [1.29, 1.82) is 0 Å². The fourth-order valence-electron chi connectivity index (χ4n) is 1.97. The van der Waals surface area contributed by atoms with Crippen LogP contribution in [0.3, 0.4) is 0 Å². The molecule has 2 rings (SSSR count). The van der Waals surface area contributed by atoms with Gasteiger partial charge in [0.05, 0.1) is 5.41 Å². The molecule has 1 N–H and O–H groups in total. The van der Waals surface area contributed by atoms with Gasteiger partial charge in [0, 0.05) is 24.0 Å². The highest BCUT2D eigenvalue weighted by molar-refractivity contribution is 7.10. The number of aliphatic carboxylic acids is 1. The lowest BCUT2D eigenvalue weighted by Gasteiger charge is -2.18. The summed E-state index contributed by atoms with van der Waals surface area (Å²) >= 11 is 1.56. The third-order valence-corrected chi connectivity index (χ3v) is 4.07. The lowest BCUT2D eigenvalue weighted by Crippen LogP contribution is -2.34. The van der Waals surface area contributed by atoms with Crippen LogP contribution in [-0.2, 0) is 9.59 Å². The Balaban J connectivity index is 1.98. The normalized spacial score (nSPS) is 23.7. The van der Waals surface area contributed by atoms with Crippen LogP contribution in [-0.4, -0.2) is 35.0 Å². The van der Waals surface area contributed by atoms with Crippen LogP contribution in [0.4, 0.5) is 0 Å². The summed E-state index contributed by atoms with van der Waals surface area (Å²) in [4.78, 5) is 25.6. The number of likely N-dealkylation sites (tertiary alicyclic amines) is 1.